The zero-order valence-electron chi connectivity index (χ0n) is 12.0. The highest BCUT2D eigenvalue weighted by molar-refractivity contribution is 7.89. The van der Waals surface area contributed by atoms with Crippen molar-refractivity contribution in [2.45, 2.75) is 24.7 Å². The number of piperidine rings is 1. The van der Waals surface area contributed by atoms with Crippen LogP contribution in [0.5, 0.6) is 0 Å². The standard InChI is InChI=1S/C13H19NO5S2/c1-9-8-20-11(13(15)16)12(9)21(17,18)14-5-3-4-10(6-14)7-19-2/h8,10H,3-7H2,1-2H3,(H,15,16). The van der Waals surface area contributed by atoms with Gasteiger partial charge in [-0.25, -0.2) is 13.2 Å². The molecule has 6 nitrogen and oxygen atoms in total. The summed E-state index contributed by atoms with van der Waals surface area (Å²) >= 11 is 0.956. The summed E-state index contributed by atoms with van der Waals surface area (Å²) in [6.07, 6.45) is 1.69. The van der Waals surface area contributed by atoms with Crippen LogP contribution in [-0.2, 0) is 14.8 Å². The van der Waals surface area contributed by atoms with Crippen LogP contribution in [0.15, 0.2) is 10.3 Å². The van der Waals surface area contributed by atoms with Crippen molar-refractivity contribution in [2.24, 2.45) is 5.92 Å². The van der Waals surface area contributed by atoms with Crippen molar-refractivity contribution in [1.82, 2.24) is 4.31 Å². The minimum Gasteiger partial charge on any atom is -0.477 e. The van der Waals surface area contributed by atoms with Gasteiger partial charge in [0.2, 0.25) is 10.0 Å². The van der Waals surface area contributed by atoms with Gasteiger partial charge in [-0.05, 0) is 36.6 Å². The first-order valence-corrected chi connectivity index (χ1v) is 9.00. The lowest BCUT2D eigenvalue weighted by Crippen LogP contribution is -2.41. The topological polar surface area (TPSA) is 83.9 Å². The number of thiophene rings is 1. The van der Waals surface area contributed by atoms with Crippen molar-refractivity contribution in [3.63, 3.8) is 0 Å². The Bertz CT molecular complexity index is 621. The highest BCUT2D eigenvalue weighted by atomic mass is 32.2. The van der Waals surface area contributed by atoms with Gasteiger partial charge < -0.3 is 9.84 Å². The fourth-order valence-corrected chi connectivity index (χ4v) is 5.79. The molecule has 0 amide bonds. The van der Waals surface area contributed by atoms with Gasteiger partial charge >= 0.3 is 5.97 Å². The van der Waals surface area contributed by atoms with Crippen LogP contribution >= 0.6 is 11.3 Å². The molecule has 0 saturated carbocycles. The van der Waals surface area contributed by atoms with Crippen LogP contribution < -0.4 is 0 Å². The molecule has 0 aromatic carbocycles. The highest BCUT2D eigenvalue weighted by Gasteiger charge is 2.35. The largest absolute Gasteiger partial charge is 0.477 e. The molecule has 1 saturated heterocycles. The molecule has 8 heteroatoms. The third kappa shape index (κ3) is 3.28. The number of hydrogen-bond acceptors (Lipinski definition) is 5. The van der Waals surface area contributed by atoms with Gasteiger partial charge in [0.15, 0.2) is 0 Å². The second-order valence-electron chi connectivity index (χ2n) is 5.21. The van der Waals surface area contributed by atoms with E-state index in [4.69, 9.17) is 4.74 Å². The summed E-state index contributed by atoms with van der Waals surface area (Å²) in [4.78, 5) is 11.1. The summed E-state index contributed by atoms with van der Waals surface area (Å²) in [5.74, 6) is -1.04. The predicted octanol–water partition coefficient (Wildman–Crippen LogP) is 1.80. The fourth-order valence-electron chi connectivity index (χ4n) is 2.65. The van der Waals surface area contributed by atoms with Gasteiger partial charge in [-0.2, -0.15) is 4.31 Å². The quantitative estimate of drug-likeness (QED) is 0.888. The molecule has 1 aromatic rings. The second kappa shape index (κ2) is 6.43. The fraction of sp³-hybridized carbons (Fsp3) is 0.615. The van der Waals surface area contributed by atoms with Gasteiger partial charge in [0.05, 0.1) is 6.61 Å². The van der Waals surface area contributed by atoms with E-state index in [2.05, 4.69) is 0 Å². The molecule has 1 aliphatic rings. The molecule has 1 aliphatic heterocycles. The van der Waals surface area contributed by atoms with Crippen molar-refractivity contribution in [3.05, 3.63) is 15.8 Å². The first kappa shape index (κ1) is 16.4. The molecular formula is C13H19NO5S2. The third-order valence-corrected chi connectivity index (χ3v) is 6.86. The van der Waals surface area contributed by atoms with Gasteiger partial charge in [-0.1, -0.05) is 0 Å². The lowest BCUT2D eigenvalue weighted by atomic mass is 10.0. The van der Waals surface area contributed by atoms with Crippen molar-refractivity contribution in [2.75, 3.05) is 26.8 Å². The van der Waals surface area contributed by atoms with Gasteiger partial charge in [-0.3, -0.25) is 0 Å². The van der Waals surface area contributed by atoms with Gasteiger partial charge in [0.1, 0.15) is 9.77 Å². The Balaban J connectivity index is 2.34. The molecule has 21 heavy (non-hydrogen) atoms. The maximum Gasteiger partial charge on any atom is 0.347 e. The molecule has 1 atom stereocenters. The first-order valence-electron chi connectivity index (χ1n) is 6.68. The summed E-state index contributed by atoms with van der Waals surface area (Å²) in [5, 5.41) is 10.8. The summed E-state index contributed by atoms with van der Waals surface area (Å²) in [7, 11) is -2.17. The molecule has 0 aliphatic carbocycles. The van der Waals surface area contributed by atoms with E-state index in [0.717, 1.165) is 24.2 Å². The number of ether oxygens (including phenoxy) is 1. The number of carboxylic acid groups (broad SMARTS) is 1. The minimum absolute atomic E-state index is 0.0573. The van der Waals surface area contributed by atoms with E-state index in [0.29, 0.717) is 25.3 Å². The Morgan fingerprint density at radius 3 is 2.90 bits per heavy atom. The zero-order chi connectivity index (χ0) is 15.6. The van der Waals surface area contributed by atoms with Crippen LogP contribution in [0, 0.1) is 12.8 Å². The van der Waals surface area contributed by atoms with Crippen LogP contribution in [0.3, 0.4) is 0 Å². The van der Waals surface area contributed by atoms with Crippen molar-refractivity contribution >= 4 is 27.3 Å². The van der Waals surface area contributed by atoms with Crippen molar-refractivity contribution < 1.29 is 23.1 Å². The number of sulfonamides is 1. The monoisotopic (exact) mass is 333 g/mol. The number of carbonyl (C=O) groups is 1. The Morgan fingerprint density at radius 1 is 1.57 bits per heavy atom. The number of methoxy groups -OCH3 is 1. The van der Waals surface area contributed by atoms with Crippen LogP contribution in [0.4, 0.5) is 0 Å². The number of aromatic carboxylic acids is 1. The molecule has 2 heterocycles. The molecule has 0 bridgehead atoms. The van der Waals surface area contributed by atoms with Crippen LogP contribution in [0.1, 0.15) is 28.1 Å². The normalized spacial score (nSPS) is 20.6. The summed E-state index contributed by atoms with van der Waals surface area (Å²) < 4.78 is 32.0. The van der Waals surface area contributed by atoms with E-state index >= 15 is 0 Å². The molecule has 1 N–H and O–H groups in total. The average molecular weight is 333 g/mol. The number of nitrogens with zero attached hydrogens (tertiary/aromatic N) is 1. The van der Waals surface area contributed by atoms with Crippen LogP contribution in [0.2, 0.25) is 0 Å². The van der Waals surface area contributed by atoms with Crippen LogP contribution in [-0.4, -0.2) is 50.6 Å². The zero-order valence-corrected chi connectivity index (χ0v) is 13.7. The Morgan fingerprint density at radius 2 is 2.29 bits per heavy atom. The minimum atomic E-state index is -3.77. The average Bonchev–Trinajstić information content (AvgIpc) is 2.82. The predicted molar refractivity (Wildman–Crippen MR) is 79.4 cm³/mol. The molecular weight excluding hydrogens is 314 g/mol. The van der Waals surface area contributed by atoms with E-state index in [1.165, 1.54) is 4.31 Å². The SMILES string of the molecule is COCC1CCCN(S(=O)(=O)c2c(C)csc2C(=O)O)C1. The van der Waals surface area contributed by atoms with E-state index in [1.54, 1.807) is 19.4 Å². The summed E-state index contributed by atoms with van der Waals surface area (Å²) in [6, 6.07) is 0. The maximum atomic E-state index is 12.8. The molecule has 1 aromatic heterocycles. The molecule has 0 radical (unpaired) electrons. The number of hydrogen-bond donors (Lipinski definition) is 1. The Hall–Kier alpha value is -0.960. The van der Waals surface area contributed by atoms with E-state index < -0.39 is 16.0 Å². The second-order valence-corrected chi connectivity index (χ2v) is 7.96. The van der Waals surface area contributed by atoms with E-state index in [-0.39, 0.29) is 15.7 Å². The van der Waals surface area contributed by atoms with Crippen LogP contribution in [0.25, 0.3) is 0 Å². The smallest absolute Gasteiger partial charge is 0.347 e. The lowest BCUT2D eigenvalue weighted by Gasteiger charge is -2.31. The van der Waals surface area contributed by atoms with E-state index in [9.17, 15) is 18.3 Å². The number of rotatable bonds is 5. The van der Waals surface area contributed by atoms with Gasteiger partial charge in [0.25, 0.3) is 0 Å². The number of aryl methyl sites for hydroxylation is 1. The molecule has 1 unspecified atom stereocenters. The van der Waals surface area contributed by atoms with Crippen molar-refractivity contribution in [1.29, 1.82) is 0 Å². The Kier molecular flexibility index (Phi) is 5.03. The third-order valence-electron chi connectivity index (χ3n) is 3.59. The first-order chi connectivity index (χ1) is 9.87. The molecule has 0 spiro atoms. The molecule has 1 fully saturated rings. The summed E-state index contributed by atoms with van der Waals surface area (Å²) in [5.41, 5.74) is 0.492. The number of carboxylic acids is 1. The van der Waals surface area contributed by atoms with E-state index in [1.807, 2.05) is 0 Å². The summed E-state index contributed by atoms with van der Waals surface area (Å²) in [6.45, 7) is 2.95. The Labute approximate surface area is 128 Å². The maximum absolute atomic E-state index is 12.8. The van der Waals surface area contributed by atoms with Gasteiger partial charge in [-0.15, -0.1) is 11.3 Å². The van der Waals surface area contributed by atoms with Gasteiger partial charge in [0, 0.05) is 20.2 Å². The molecule has 118 valence electrons. The van der Waals surface area contributed by atoms with Crippen molar-refractivity contribution in [3.8, 4) is 0 Å². The highest BCUT2D eigenvalue weighted by Crippen LogP contribution is 2.31. The lowest BCUT2D eigenvalue weighted by molar-refractivity contribution is 0.0697. The molecule has 2 rings (SSSR count).